The van der Waals surface area contributed by atoms with Gasteiger partial charge < -0.3 is 19.2 Å². The Morgan fingerprint density at radius 3 is 2.71 bits per heavy atom. The zero-order valence-corrected chi connectivity index (χ0v) is 14.8. The predicted molar refractivity (Wildman–Crippen MR) is 90.6 cm³/mol. The number of hydrogen-bond acceptors (Lipinski definition) is 5. The number of carbonyl (C=O) groups excluding carboxylic acids is 1. The summed E-state index contributed by atoms with van der Waals surface area (Å²) in [4.78, 5) is 19.9. The lowest BCUT2D eigenvalue weighted by Gasteiger charge is -2.38. The molecule has 1 aromatic carbocycles. The first-order valence-electron chi connectivity index (χ1n) is 8.21. The molecule has 1 amide bonds. The van der Waals surface area contributed by atoms with E-state index in [4.69, 9.17) is 14.3 Å². The summed E-state index contributed by atoms with van der Waals surface area (Å²) in [5.41, 5.74) is 1.79. The molecule has 6 nitrogen and oxygen atoms in total. The van der Waals surface area contributed by atoms with Crippen LogP contribution in [0.1, 0.15) is 24.8 Å². The molecule has 2 fully saturated rings. The number of nitrogens with zero attached hydrogens (tertiary/aromatic N) is 2. The zero-order chi connectivity index (χ0) is 16.6. The number of rotatable bonds is 2. The van der Waals surface area contributed by atoms with Gasteiger partial charge in [0.25, 0.3) is 5.91 Å². The maximum absolute atomic E-state index is 12.7. The highest BCUT2D eigenvalue weighted by molar-refractivity contribution is 9.10. The Hall–Kier alpha value is -1.44. The van der Waals surface area contributed by atoms with Gasteiger partial charge in [-0.1, -0.05) is 33.2 Å². The average Bonchev–Trinajstić information content (AvgIpc) is 3.25. The van der Waals surface area contributed by atoms with Gasteiger partial charge in [-0.15, -0.1) is 0 Å². The molecule has 1 aromatic rings. The van der Waals surface area contributed by atoms with E-state index in [2.05, 4.69) is 21.1 Å². The van der Waals surface area contributed by atoms with Crippen LogP contribution in [0.3, 0.4) is 0 Å². The highest BCUT2D eigenvalue weighted by Gasteiger charge is 2.42. The van der Waals surface area contributed by atoms with Gasteiger partial charge >= 0.3 is 0 Å². The number of halogens is 1. The molecule has 1 atom stereocenters. The molecule has 3 aliphatic heterocycles. The van der Waals surface area contributed by atoms with Crippen LogP contribution in [0.4, 0.5) is 0 Å². The molecular weight excluding hydrogens is 376 g/mol. The smallest absolute Gasteiger partial charge is 0.266 e. The second kappa shape index (κ2) is 6.46. The predicted octanol–water partition coefficient (Wildman–Crippen LogP) is 2.31. The fourth-order valence-corrected chi connectivity index (χ4v) is 3.80. The molecule has 4 rings (SSSR count). The van der Waals surface area contributed by atoms with E-state index in [0.717, 1.165) is 15.7 Å². The van der Waals surface area contributed by atoms with Crippen molar-refractivity contribution in [3.8, 4) is 0 Å². The molecule has 0 aliphatic carbocycles. The van der Waals surface area contributed by atoms with E-state index in [9.17, 15) is 4.79 Å². The molecule has 24 heavy (non-hydrogen) atoms. The van der Waals surface area contributed by atoms with Crippen LogP contribution in [0.25, 0.3) is 0 Å². The summed E-state index contributed by atoms with van der Waals surface area (Å²) >= 11 is 3.45. The summed E-state index contributed by atoms with van der Waals surface area (Å²) < 4.78 is 12.4. The minimum Gasteiger partial charge on any atom is -0.382 e. The van der Waals surface area contributed by atoms with Crippen molar-refractivity contribution >= 4 is 27.5 Å². The van der Waals surface area contributed by atoms with Gasteiger partial charge in [-0.3, -0.25) is 4.79 Å². The summed E-state index contributed by atoms with van der Waals surface area (Å²) in [6.07, 6.45) is 1.40. The zero-order valence-electron chi connectivity index (χ0n) is 13.2. The quantitative estimate of drug-likeness (QED) is 0.771. The Bertz CT molecular complexity index is 662. The number of benzene rings is 1. The van der Waals surface area contributed by atoms with Gasteiger partial charge in [0, 0.05) is 42.4 Å². The van der Waals surface area contributed by atoms with E-state index < -0.39 is 11.9 Å². The van der Waals surface area contributed by atoms with E-state index in [1.54, 1.807) is 0 Å². The lowest BCUT2D eigenvalue weighted by Crippen LogP contribution is -2.50. The maximum Gasteiger partial charge on any atom is 0.266 e. The van der Waals surface area contributed by atoms with Crippen molar-refractivity contribution < 1.29 is 19.1 Å². The standard InChI is InChI=1S/C17H19BrN2O4/c18-13-3-1-2-12(10-13)14-11-15(24-19-14)16(21)20-6-4-17(5-7-20)22-8-9-23-17/h1-3,10,15H,4-9,11H2/t15-/m1/s1. The Labute approximate surface area is 148 Å². The van der Waals surface area contributed by atoms with Crippen molar-refractivity contribution in [2.45, 2.75) is 31.2 Å². The number of amides is 1. The van der Waals surface area contributed by atoms with E-state index in [1.807, 2.05) is 29.2 Å². The molecule has 128 valence electrons. The molecule has 0 N–H and O–H groups in total. The minimum absolute atomic E-state index is 0.00315. The number of hydrogen-bond donors (Lipinski definition) is 0. The summed E-state index contributed by atoms with van der Waals surface area (Å²) in [7, 11) is 0. The molecule has 0 radical (unpaired) electrons. The van der Waals surface area contributed by atoms with Crippen LogP contribution in [0.5, 0.6) is 0 Å². The van der Waals surface area contributed by atoms with Gasteiger partial charge in [0.2, 0.25) is 6.10 Å². The molecule has 0 bridgehead atoms. The van der Waals surface area contributed by atoms with Crippen molar-refractivity contribution in [2.24, 2.45) is 5.16 Å². The molecule has 3 heterocycles. The van der Waals surface area contributed by atoms with Crippen molar-refractivity contribution in [2.75, 3.05) is 26.3 Å². The largest absolute Gasteiger partial charge is 0.382 e. The van der Waals surface area contributed by atoms with Crippen LogP contribution in [0, 0.1) is 0 Å². The van der Waals surface area contributed by atoms with Gasteiger partial charge in [-0.05, 0) is 12.1 Å². The Morgan fingerprint density at radius 1 is 1.25 bits per heavy atom. The molecule has 7 heteroatoms. The van der Waals surface area contributed by atoms with Crippen LogP contribution < -0.4 is 0 Å². The molecule has 0 saturated carbocycles. The van der Waals surface area contributed by atoms with Crippen LogP contribution in [-0.4, -0.2) is 54.7 Å². The third-order valence-electron chi connectivity index (χ3n) is 4.75. The monoisotopic (exact) mass is 394 g/mol. The fraction of sp³-hybridized carbons (Fsp3) is 0.529. The van der Waals surface area contributed by atoms with Crippen LogP contribution in [-0.2, 0) is 19.1 Å². The topological polar surface area (TPSA) is 60.4 Å². The fourth-order valence-electron chi connectivity index (χ4n) is 3.41. The highest BCUT2D eigenvalue weighted by Crippen LogP contribution is 2.32. The lowest BCUT2D eigenvalue weighted by atomic mass is 10.0. The first kappa shape index (κ1) is 16.1. The Balaban J connectivity index is 1.35. The van der Waals surface area contributed by atoms with E-state index in [-0.39, 0.29) is 5.91 Å². The Kier molecular flexibility index (Phi) is 4.32. The molecule has 0 unspecified atom stereocenters. The van der Waals surface area contributed by atoms with Crippen LogP contribution in [0.2, 0.25) is 0 Å². The van der Waals surface area contributed by atoms with E-state index in [1.165, 1.54) is 0 Å². The van der Waals surface area contributed by atoms with Gasteiger partial charge in [0.1, 0.15) is 0 Å². The third kappa shape index (κ3) is 3.08. The summed E-state index contributed by atoms with van der Waals surface area (Å²) in [6.45, 7) is 2.54. The molecule has 1 spiro atoms. The van der Waals surface area contributed by atoms with Crippen LogP contribution >= 0.6 is 15.9 Å². The SMILES string of the molecule is O=C([C@H]1CC(c2cccc(Br)c2)=NO1)N1CCC2(CC1)OCCO2. The van der Waals surface area contributed by atoms with Crippen molar-refractivity contribution in [3.05, 3.63) is 34.3 Å². The van der Waals surface area contributed by atoms with Gasteiger partial charge in [-0.2, -0.15) is 0 Å². The number of ether oxygens (including phenoxy) is 2. The normalized spacial score (nSPS) is 25.6. The number of piperidine rings is 1. The van der Waals surface area contributed by atoms with Crippen molar-refractivity contribution in [3.63, 3.8) is 0 Å². The van der Waals surface area contributed by atoms with E-state index in [0.29, 0.717) is 45.6 Å². The number of likely N-dealkylation sites (tertiary alicyclic amines) is 1. The highest BCUT2D eigenvalue weighted by atomic mass is 79.9. The third-order valence-corrected chi connectivity index (χ3v) is 5.25. The van der Waals surface area contributed by atoms with Gasteiger partial charge in [0.05, 0.1) is 18.9 Å². The average molecular weight is 395 g/mol. The van der Waals surface area contributed by atoms with Crippen molar-refractivity contribution in [1.82, 2.24) is 4.90 Å². The summed E-state index contributed by atoms with van der Waals surface area (Å²) in [5.74, 6) is -0.470. The Morgan fingerprint density at radius 2 is 2.00 bits per heavy atom. The number of oxime groups is 1. The van der Waals surface area contributed by atoms with Crippen LogP contribution in [0.15, 0.2) is 33.9 Å². The molecule has 3 aliphatic rings. The summed E-state index contributed by atoms with van der Waals surface area (Å²) in [6, 6.07) is 7.86. The lowest BCUT2D eigenvalue weighted by molar-refractivity contribution is -0.189. The van der Waals surface area contributed by atoms with E-state index >= 15 is 0 Å². The first-order valence-corrected chi connectivity index (χ1v) is 9.00. The van der Waals surface area contributed by atoms with Crippen molar-refractivity contribution in [1.29, 1.82) is 0 Å². The second-order valence-electron chi connectivity index (χ2n) is 6.28. The molecule has 0 aromatic heterocycles. The second-order valence-corrected chi connectivity index (χ2v) is 7.20. The van der Waals surface area contributed by atoms with Gasteiger partial charge in [-0.25, -0.2) is 0 Å². The maximum atomic E-state index is 12.7. The first-order chi connectivity index (χ1) is 11.7. The van der Waals surface area contributed by atoms with Gasteiger partial charge in [0.15, 0.2) is 5.79 Å². The summed E-state index contributed by atoms with van der Waals surface area (Å²) in [5, 5.41) is 4.11. The number of carbonyl (C=O) groups is 1. The molecular formula is C17H19BrN2O4. The minimum atomic E-state index is -0.529. The molecule has 2 saturated heterocycles.